The quantitative estimate of drug-likeness (QED) is 0.0417. The minimum Gasteiger partial charge on any atom is -0.495 e. The van der Waals surface area contributed by atoms with Gasteiger partial charge in [-0.25, -0.2) is 19.3 Å². The van der Waals surface area contributed by atoms with E-state index in [4.69, 9.17) is 21.0 Å². The van der Waals surface area contributed by atoms with Gasteiger partial charge in [-0.1, -0.05) is 127 Å². The van der Waals surface area contributed by atoms with Gasteiger partial charge in [0.2, 0.25) is 5.95 Å². The van der Waals surface area contributed by atoms with Crippen LogP contribution in [0, 0.1) is 30.1 Å². The molecule has 6 heterocycles. The molecule has 4 atom stereocenters. The van der Waals surface area contributed by atoms with Gasteiger partial charge in [-0.2, -0.15) is 41.5 Å². The molecule has 18 heteroatoms. The maximum Gasteiger partial charge on any atom is 0.416 e. The summed E-state index contributed by atoms with van der Waals surface area (Å²) in [5, 5.41) is 16.1. The van der Waals surface area contributed by atoms with Crippen LogP contribution in [0.1, 0.15) is 148 Å². The third kappa shape index (κ3) is 19.6. The van der Waals surface area contributed by atoms with Crippen molar-refractivity contribution in [1.29, 1.82) is 0 Å². The van der Waals surface area contributed by atoms with Gasteiger partial charge in [0, 0.05) is 77.4 Å². The average Bonchev–Trinajstić information content (AvgIpc) is 1.97. The number of anilines is 2. The van der Waals surface area contributed by atoms with Crippen molar-refractivity contribution in [2.45, 2.75) is 157 Å². The van der Waals surface area contributed by atoms with Crippen LogP contribution in [-0.2, 0) is 33.3 Å². The lowest BCUT2D eigenvalue weighted by Crippen LogP contribution is -2.23. The van der Waals surface area contributed by atoms with E-state index in [1.54, 1.807) is 46.2 Å². The minimum absolute atomic E-state index is 0.0166. The molecule has 2 aliphatic heterocycles. The second-order valence-corrected chi connectivity index (χ2v) is 22.6. The lowest BCUT2D eigenvalue weighted by atomic mass is 9.89. The molecule has 90 heavy (non-hydrogen) atoms. The average molecular weight is 1240 g/mol. The highest BCUT2D eigenvalue weighted by Gasteiger charge is 2.33. The summed E-state index contributed by atoms with van der Waals surface area (Å²) in [5.41, 5.74) is 6.40. The predicted molar refractivity (Wildman–Crippen MR) is 347 cm³/mol. The van der Waals surface area contributed by atoms with E-state index in [-0.39, 0.29) is 18.5 Å². The van der Waals surface area contributed by atoms with Gasteiger partial charge in [-0.05, 0) is 136 Å². The van der Waals surface area contributed by atoms with E-state index >= 15 is 0 Å². The van der Waals surface area contributed by atoms with Crippen molar-refractivity contribution in [3.8, 4) is 46.4 Å². The van der Waals surface area contributed by atoms with Crippen molar-refractivity contribution in [3.05, 3.63) is 192 Å². The number of rotatable bonds is 16. The number of cyclic esters (lactones) is 1. The van der Waals surface area contributed by atoms with Crippen LogP contribution < -0.4 is 10.6 Å². The summed E-state index contributed by atoms with van der Waals surface area (Å²) < 4.78 is 96.1. The molecule has 2 N–H and O–H groups in total. The number of carbonyl (C=O) groups is 1. The number of esters is 1. The van der Waals surface area contributed by atoms with Crippen molar-refractivity contribution < 1.29 is 40.6 Å². The summed E-state index contributed by atoms with van der Waals surface area (Å²) in [6.45, 7) is 18.2. The fourth-order valence-corrected chi connectivity index (χ4v) is 11.1. The summed E-state index contributed by atoms with van der Waals surface area (Å²) in [7, 11) is 0. The first-order valence-corrected chi connectivity index (χ1v) is 31.2. The van der Waals surface area contributed by atoms with Gasteiger partial charge in [-0.3, -0.25) is 4.79 Å². The molecule has 4 aliphatic rings. The molecule has 0 radical (unpaired) electrons. The number of hydrogen-bond acceptors (Lipinski definition) is 10. The number of aryl methyl sites for hydroxylation is 1. The van der Waals surface area contributed by atoms with E-state index in [0.29, 0.717) is 95.6 Å². The van der Waals surface area contributed by atoms with Gasteiger partial charge in [0.05, 0.1) is 53.0 Å². The van der Waals surface area contributed by atoms with E-state index in [9.17, 15) is 31.1 Å². The molecule has 0 bridgehead atoms. The Morgan fingerprint density at radius 2 is 1.56 bits per heavy atom. The molecular weight excluding hydrogens is 1150 g/mol. The number of pyridine rings is 1. The van der Waals surface area contributed by atoms with Gasteiger partial charge in [-0.15, -0.1) is 12.3 Å². The highest BCUT2D eigenvalue weighted by atomic mass is 19.4. The van der Waals surface area contributed by atoms with Gasteiger partial charge >= 0.3 is 18.3 Å². The van der Waals surface area contributed by atoms with Crippen molar-refractivity contribution in [2.75, 3.05) is 17.2 Å². The molecule has 476 valence electrons. The summed E-state index contributed by atoms with van der Waals surface area (Å²) in [6, 6.07) is 20.3. The van der Waals surface area contributed by atoms with E-state index in [1.165, 1.54) is 25.0 Å². The SMILES string of the molecule is C#CC/C=C(\C=C(/C)C(F)(F)F)c1c(CCC2CC(C)CC(=C)O2)c(-c2ccccc2)nn1-c1ccnc(NC2=CC=CCC2)c1.CC.CCC1CCOC(=O)CC(C)C1.CCc1cnn(-c2ccnc(NC3=CC=CCC3)n2)c1-c1cccc(C(F)(F)F)c1. The molecule has 2 aromatic carbocycles. The Hall–Kier alpha value is -8.72. The highest BCUT2D eigenvalue weighted by molar-refractivity contribution is 5.81. The number of allylic oxidation sites excluding steroid dienone is 13. The lowest BCUT2D eigenvalue weighted by molar-refractivity contribution is -0.146. The fraction of sp³-hybridized carbons (Fsp3) is 0.389. The number of carbonyl (C=O) groups excluding carboxylic acids is 1. The van der Waals surface area contributed by atoms with Crippen LogP contribution >= 0.6 is 0 Å². The van der Waals surface area contributed by atoms with Crippen LogP contribution in [0.3, 0.4) is 0 Å². The van der Waals surface area contributed by atoms with Gasteiger partial charge < -0.3 is 20.1 Å². The van der Waals surface area contributed by atoms with Gasteiger partial charge in [0.1, 0.15) is 5.82 Å². The number of halogens is 6. The first-order valence-electron chi connectivity index (χ1n) is 31.2. The maximum atomic E-state index is 14.0. The summed E-state index contributed by atoms with van der Waals surface area (Å²) in [4.78, 5) is 24.3. The van der Waals surface area contributed by atoms with Crippen LogP contribution in [0.15, 0.2) is 169 Å². The monoisotopic (exact) mass is 1240 g/mol. The molecule has 0 amide bonds. The predicted octanol–water partition coefficient (Wildman–Crippen LogP) is 18.7. The molecule has 2 fully saturated rings. The van der Waals surface area contributed by atoms with Crippen molar-refractivity contribution in [2.24, 2.45) is 17.8 Å². The minimum atomic E-state index is -4.51. The maximum absolute atomic E-state index is 14.0. The zero-order valence-corrected chi connectivity index (χ0v) is 52.6. The second kappa shape index (κ2) is 33.2. The molecule has 2 saturated heterocycles. The van der Waals surface area contributed by atoms with Crippen molar-refractivity contribution in [3.63, 3.8) is 0 Å². The number of ether oxygens (including phenoxy) is 2. The fourth-order valence-electron chi connectivity index (χ4n) is 11.1. The van der Waals surface area contributed by atoms with Crippen LogP contribution in [0.25, 0.3) is 39.6 Å². The van der Waals surface area contributed by atoms with E-state index in [1.807, 2.05) is 87.5 Å². The third-order valence-corrected chi connectivity index (χ3v) is 15.6. The Morgan fingerprint density at radius 3 is 2.21 bits per heavy atom. The summed E-state index contributed by atoms with van der Waals surface area (Å²) in [5.74, 6) is 6.52. The molecule has 10 rings (SSSR count). The Bertz CT molecular complexity index is 3600. The number of aromatic nitrogens is 7. The zero-order valence-electron chi connectivity index (χ0n) is 52.6. The number of nitrogens with zero attached hydrogens (tertiary/aromatic N) is 7. The topological polar surface area (TPSA) is 134 Å². The molecule has 2 aliphatic carbocycles. The number of nitrogens with one attached hydrogen (secondary N) is 2. The first kappa shape index (κ1) is 68.8. The summed E-state index contributed by atoms with van der Waals surface area (Å²) >= 11 is 0. The van der Waals surface area contributed by atoms with Gasteiger partial charge in [0.15, 0.2) is 5.82 Å². The van der Waals surface area contributed by atoms with Crippen LogP contribution in [0.5, 0.6) is 0 Å². The lowest BCUT2D eigenvalue weighted by Gasteiger charge is -2.30. The zero-order chi connectivity index (χ0) is 64.8. The van der Waals surface area contributed by atoms with Crippen LogP contribution in [-0.4, -0.2) is 59.4 Å². The molecule has 4 unspecified atom stereocenters. The number of alkyl halides is 6. The Balaban J connectivity index is 0.000000222. The third-order valence-electron chi connectivity index (χ3n) is 15.6. The molecule has 12 nitrogen and oxygen atoms in total. The van der Waals surface area contributed by atoms with Crippen LogP contribution in [0.4, 0.5) is 38.1 Å². The molecule has 0 spiro atoms. The van der Waals surface area contributed by atoms with Gasteiger partial charge in [0.25, 0.3) is 0 Å². The normalized spacial score (nSPS) is 18.7. The molecular formula is C72H83F6N9O3. The number of benzene rings is 2. The number of hydrogen-bond donors (Lipinski definition) is 2. The van der Waals surface area contributed by atoms with Crippen LogP contribution in [0.2, 0.25) is 0 Å². The summed E-state index contributed by atoms with van der Waals surface area (Å²) in [6.07, 6.45) is 27.9. The first-order chi connectivity index (χ1) is 43.3. The second-order valence-electron chi connectivity index (χ2n) is 22.6. The molecule has 4 aromatic heterocycles. The Morgan fingerprint density at radius 1 is 0.856 bits per heavy atom. The van der Waals surface area contributed by atoms with Crippen molar-refractivity contribution in [1.82, 2.24) is 34.5 Å². The Labute approximate surface area is 526 Å². The van der Waals surface area contributed by atoms with E-state index in [2.05, 4.69) is 76.1 Å². The highest BCUT2D eigenvalue weighted by Crippen LogP contribution is 2.39. The molecule has 6 aromatic rings. The smallest absolute Gasteiger partial charge is 0.416 e. The number of terminal acetylenes is 1. The standard InChI is InChI=1S/C38H39F3N4O.C22H20F3N5.C10H18O2.C2H6/c1-5-6-13-30(24-27(3)38(39,40)41)37-34(19-18-33-23-26(2)22-28(4)46-33)36(29-14-9-7-10-15-29)44-45(37)32-20-21-42-35(25-32)43-31-16-11-8-12-17-31;1-2-15-14-27-30(20(15)16-7-6-8-17(13-16)22(23,24)25)19-11-12-26-21(29-19)28-18-9-4-3-5-10-18;1-3-9-4-5-12-10(11)7-8(2)6-9;1-2/h1,7-11,13-16,20-21,24-26,33H,4,6,12,17-19,22-23H2,2-3H3,(H,42,43);3-4,6-9,11-14H,2,5,10H2,1H3,(H,26,28,29);8-9H,3-7H2,1-2H3;1-2H3/b27-24+,30-13+;;;. The molecule has 0 saturated carbocycles. The Kier molecular flexibility index (Phi) is 25.4. The largest absolute Gasteiger partial charge is 0.495 e. The van der Waals surface area contributed by atoms with Crippen molar-refractivity contribution >= 4 is 23.3 Å². The van der Waals surface area contributed by atoms with E-state index in [0.717, 1.165) is 104 Å². The van der Waals surface area contributed by atoms with E-state index < -0.39 is 23.5 Å².